The fraction of sp³-hybridized carbons (Fsp3) is 0.455. The van der Waals surface area contributed by atoms with E-state index in [1.807, 2.05) is 42.5 Å². The van der Waals surface area contributed by atoms with Crippen LogP contribution < -0.4 is 20.9 Å². The van der Waals surface area contributed by atoms with E-state index in [1.165, 1.54) is 12.5 Å². The fourth-order valence-corrected chi connectivity index (χ4v) is 6.99. The number of ether oxygens (including phenoxy) is 1. The van der Waals surface area contributed by atoms with E-state index in [4.69, 9.17) is 4.74 Å². The molecule has 3 aliphatic rings. The van der Waals surface area contributed by atoms with Gasteiger partial charge in [0.05, 0.1) is 17.7 Å². The lowest BCUT2D eigenvalue weighted by atomic mass is 9.73. The number of hydrogen-bond donors (Lipinski definition) is 3. The number of fused-ring (bicyclic) bond motifs is 1. The predicted octanol–water partition coefficient (Wildman–Crippen LogP) is 5.46. The van der Waals surface area contributed by atoms with Crippen LogP contribution in [0.5, 0.6) is 5.75 Å². The Morgan fingerprint density at radius 1 is 1.07 bits per heavy atom. The molecule has 0 radical (unpaired) electrons. The molecule has 2 fully saturated rings. The fourth-order valence-electron chi connectivity index (χ4n) is 6.61. The molecule has 3 atom stereocenters. The molecule has 3 aromatic rings. The highest BCUT2D eigenvalue weighted by atomic mass is 79.9. The van der Waals surface area contributed by atoms with Crippen molar-refractivity contribution in [2.75, 3.05) is 6.54 Å². The van der Waals surface area contributed by atoms with Gasteiger partial charge in [-0.1, -0.05) is 59.1 Å². The van der Waals surface area contributed by atoms with E-state index < -0.39 is 12.1 Å². The molecule has 1 spiro atoms. The van der Waals surface area contributed by atoms with Crippen molar-refractivity contribution in [3.05, 3.63) is 98.4 Å². The van der Waals surface area contributed by atoms with E-state index >= 15 is 0 Å². The van der Waals surface area contributed by atoms with Crippen molar-refractivity contribution in [2.45, 2.75) is 87.6 Å². The zero-order valence-corrected chi connectivity index (χ0v) is 24.8. The number of halogens is 1. The molecule has 0 saturated heterocycles. The SMILES string of the molecule is O=C(N[C@@H](Cc1ccccc1)[C@H](O)CN[C@H]1CC2(CCC2)Oc2ccc(Br)cc21)c1ccc(=O)n(C2CCCC2)c1. The first-order valence-electron chi connectivity index (χ1n) is 14.9. The number of nitrogens with one attached hydrogen (secondary N) is 2. The van der Waals surface area contributed by atoms with Crippen LogP contribution in [0.1, 0.15) is 84.9 Å². The number of amides is 1. The Morgan fingerprint density at radius 2 is 1.85 bits per heavy atom. The quantitative estimate of drug-likeness (QED) is 0.296. The number of carbonyl (C=O) groups excluding carboxylic acids is 1. The molecule has 2 aromatic carbocycles. The second kappa shape index (κ2) is 12.1. The summed E-state index contributed by atoms with van der Waals surface area (Å²) < 4.78 is 9.13. The molecule has 1 aromatic heterocycles. The minimum absolute atomic E-state index is 0.0363. The maximum absolute atomic E-state index is 13.5. The summed E-state index contributed by atoms with van der Waals surface area (Å²) in [5, 5.41) is 18.2. The van der Waals surface area contributed by atoms with Crippen molar-refractivity contribution in [2.24, 2.45) is 0 Å². The molecule has 216 valence electrons. The van der Waals surface area contributed by atoms with Gasteiger partial charge in [-0.3, -0.25) is 9.59 Å². The molecule has 1 amide bonds. The van der Waals surface area contributed by atoms with Gasteiger partial charge in [0.1, 0.15) is 11.4 Å². The monoisotopic (exact) mass is 619 g/mol. The Hall–Kier alpha value is -2.94. The Labute approximate surface area is 249 Å². The van der Waals surface area contributed by atoms with E-state index in [0.717, 1.165) is 66.3 Å². The Morgan fingerprint density at radius 3 is 2.59 bits per heavy atom. The molecular formula is C33H38BrN3O4. The molecule has 41 heavy (non-hydrogen) atoms. The summed E-state index contributed by atoms with van der Waals surface area (Å²) in [6.07, 6.45) is 9.54. The lowest BCUT2D eigenvalue weighted by molar-refractivity contribution is -0.0382. The number of aliphatic hydroxyl groups is 1. The number of rotatable bonds is 9. The van der Waals surface area contributed by atoms with Gasteiger partial charge in [-0.25, -0.2) is 0 Å². The Balaban J connectivity index is 1.19. The summed E-state index contributed by atoms with van der Waals surface area (Å²) in [7, 11) is 0. The maximum Gasteiger partial charge on any atom is 0.253 e. The Bertz CT molecular complexity index is 1430. The highest BCUT2D eigenvalue weighted by Crippen LogP contribution is 2.49. The van der Waals surface area contributed by atoms with Gasteiger partial charge < -0.3 is 25.0 Å². The van der Waals surface area contributed by atoms with Crippen LogP contribution in [0.15, 0.2) is 76.1 Å². The molecular weight excluding hydrogens is 582 g/mol. The van der Waals surface area contributed by atoms with Crippen LogP contribution in [-0.2, 0) is 6.42 Å². The largest absolute Gasteiger partial charge is 0.487 e. The number of hydrogen-bond acceptors (Lipinski definition) is 5. The third kappa shape index (κ3) is 6.30. The summed E-state index contributed by atoms with van der Waals surface area (Å²) >= 11 is 3.60. The minimum atomic E-state index is -0.837. The molecule has 0 bridgehead atoms. The Kier molecular flexibility index (Phi) is 8.33. The van der Waals surface area contributed by atoms with E-state index in [0.29, 0.717) is 18.5 Å². The second-order valence-corrected chi connectivity index (χ2v) is 12.8. The van der Waals surface area contributed by atoms with Gasteiger partial charge in [-0.15, -0.1) is 0 Å². The number of benzene rings is 2. The highest BCUT2D eigenvalue weighted by molar-refractivity contribution is 9.10. The number of carbonyl (C=O) groups is 1. The van der Waals surface area contributed by atoms with E-state index in [2.05, 4.69) is 32.6 Å². The van der Waals surface area contributed by atoms with Gasteiger partial charge in [0.15, 0.2) is 0 Å². The molecule has 2 saturated carbocycles. The molecule has 2 aliphatic carbocycles. The van der Waals surface area contributed by atoms with Crippen LogP contribution in [0.2, 0.25) is 0 Å². The highest BCUT2D eigenvalue weighted by Gasteiger charge is 2.45. The molecule has 2 heterocycles. The summed E-state index contributed by atoms with van der Waals surface area (Å²) in [6.45, 7) is 0.312. The molecule has 8 heteroatoms. The molecule has 3 N–H and O–H groups in total. The molecule has 1 aliphatic heterocycles. The number of aliphatic hydroxyl groups excluding tert-OH is 1. The lowest BCUT2D eigenvalue weighted by Crippen LogP contribution is -2.52. The molecule has 7 nitrogen and oxygen atoms in total. The van der Waals surface area contributed by atoms with E-state index in [1.54, 1.807) is 16.8 Å². The van der Waals surface area contributed by atoms with Gasteiger partial charge in [0.25, 0.3) is 11.5 Å². The minimum Gasteiger partial charge on any atom is -0.487 e. The van der Waals surface area contributed by atoms with Crippen LogP contribution >= 0.6 is 15.9 Å². The van der Waals surface area contributed by atoms with Crippen LogP contribution in [0.4, 0.5) is 0 Å². The zero-order chi connectivity index (χ0) is 28.4. The summed E-state index contributed by atoms with van der Waals surface area (Å²) in [4.78, 5) is 26.0. The van der Waals surface area contributed by atoms with Gasteiger partial charge in [0, 0.05) is 47.3 Å². The van der Waals surface area contributed by atoms with Crippen LogP contribution in [0.25, 0.3) is 0 Å². The summed E-state index contributed by atoms with van der Waals surface area (Å²) in [6, 6.07) is 18.7. The maximum atomic E-state index is 13.5. The molecule has 6 rings (SSSR count). The first kappa shape index (κ1) is 28.2. The van der Waals surface area contributed by atoms with Gasteiger partial charge in [0.2, 0.25) is 0 Å². The number of nitrogens with zero attached hydrogens (tertiary/aromatic N) is 1. The first-order chi connectivity index (χ1) is 19.9. The van der Waals surface area contributed by atoms with Gasteiger partial charge in [-0.2, -0.15) is 0 Å². The normalized spacial score (nSPS) is 21.0. The third-order valence-electron chi connectivity index (χ3n) is 9.09. The lowest BCUT2D eigenvalue weighted by Gasteiger charge is -2.48. The topological polar surface area (TPSA) is 92.6 Å². The third-order valence-corrected chi connectivity index (χ3v) is 9.58. The van der Waals surface area contributed by atoms with Crippen LogP contribution in [0.3, 0.4) is 0 Å². The van der Waals surface area contributed by atoms with E-state index in [9.17, 15) is 14.7 Å². The summed E-state index contributed by atoms with van der Waals surface area (Å²) in [5.74, 6) is 0.614. The van der Waals surface area contributed by atoms with Crippen molar-refractivity contribution < 1.29 is 14.6 Å². The van der Waals surface area contributed by atoms with Crippen LogP contribution in [-0.4, -0.2) is 39.9 Å². The first-order valence-corrected chi connectivity index (χ1v) is 15.7. The zero-order valence-electron chi connectivity index (χ0n) is 23.2. The van der Waals surface area contributed by atoms with Crippen molar-refractivity contribution in [1.29, 1.82) is 0 Å². The predicted molar refractivity (Wildman–Crippen MR) is 162 cm³/mol. The van der Waals surface area contributed by atoms with Crippen molar-refractivity contribution in [1.82, 2.24) is 15.2 Å². The average Bonchev–Trinajstić information content (AvgIpc) is 3.50. The second-order valence-electron chi connectivity index (χ2n) is 11.9. The van der Waals surface area contributed by atoms with Gasteiger partial charge >= 0.3 is 0 Å². The number of pyridine rings is 1. The van der Waals surface area contributed by atoms with Crippen molar-refractivity contribution in [3.63, 3.8) is 0 Å². The number of aromatic nitrogens is 1. The van der Waals surface area contributed by atoms with Crippen molar-refractivity contribution >= 4 is 21.8 Å². The van der Waals surface area contributed by atoms with Crippen LogP contribution in [0, 0.1) is 0 Å². The standard InChI is InChI=1S/C33H38BrN3O4/c34-24-12-13-30-26(18-24)28(19-33(41-30)15-6-16-33)35-20-29(38)27(17-22-7-2-1-3-8-22)36-32(40)23-11-14-31(39)37(21-23)25-9-4-5-10-25/h1-3,7-8,11-14,18,21,25,27-29,35,38H,4-6,9-10,15-17,19-20H2,(H,36,40)/t27-,28-,29+/m0/s1. The molecule has 0 unspecified atom stereocenters. The average molecular weight is 621 g/mol. The van der Waals surface area contributed by atoms with Gasteiger partial charge in [-0.05, 0) is 68.4 Å². The summed E-state index contributed by atoms with van der Waals surface area (Å²) in [5.41, 5.74) is 2.34. The van der Waals surface area contributed by atoms with Crippen molar-refractivity contribution in [3.8, 4) is 5.75 Å². The van der Waals surface area contributed by atoms with E-state index in [-0.39, 0.29) is 29.2 Å². The smallest absolute Gasteiger partial charge is 0.253 e.